The highest BCUT2D eigenvalue weighted by molar-refractivity contribution is 7.99. The second-order valence-electron chi connectivity index (χ2n) is 5.17. The molecule has 0 fully saturated rings. The first-order valence-corrected chi connectivity index (χ1v) is 8.45. The van der Waals surface area contributed by atoms with Gasteiger partial charge in [-0.15, -0.1) is 11.8 Å². The molecular formula is C18H21NO2S. The monoisotopic (exact) mass is 315 g/mol. The van der Waals surface area contributed by atoms with E-state index in [-0.39, 0.29) is 18.6 Å². The molecule has 0 aromatic heterocycles. The van der Waals surface area contributed by atoms with Gasteiger partial charge in [-0.1, -0.05) is 54.6 Å². The molecule has 22 heavy (non-hydrogen) atoms. The van der Waals surface area contributed by atoms with E-state index in [0.29, 0.717) is 5.75 Å². The topological polar surface area (TPSA) is 49.3 Å². The van der Waals surface area contributed by atoms with Gasteiger partial charge in [-0.3, -0.25) is 4.79 Å². The van der Waals surface area contributed by atoms with E-state index in [1.165, 1.54) is 0 Å². The summed E-state index contributed by atoms with van der Waals surface area (Å²) in [6, 6.07) is 17.8. The second kappa shape index (κ2) is 8.61. The van der Waals surface area contributed by atoms with Gasteiger partial charge in [-0.25, -0.2) is 0 Å². The van der Waals surface area contributed by atoms with Crippen molar-refractivity contribution in [2.45, 2.75) is 25.3 Å². The van der Waals surface area contributed by atoms with Crippen LogP contribution in [-0.4, -0.2) is 16.8 Å². The number of hydrogen-bond acceptors (Lipinski definition) is 3. The lowest BCUT2D eigenvalue weighted by atomic mass is 10.1. The fraction of sp³-hybridized carbons (Fsp3) is 0.278. The number of thioether (sulfide) groups is 1. The molecule has 1 amide bonds. The number of carbonyl (C=O) groups excluding carboxylic acids is 1. The van der Waals surface area contributed by atoms with E-state index in [1.807, 2.05) is 61.5 Å². The highest BCUT2D eigenvalue weighted by Gasteiger charge is 2.09. The number of amides is 1. The van der Waals surface area contributed by atoms with Crippen LogP contribution in [0.25, 0.3) is 0 Å². The lowest BCUT2D eigenvalue weighted by Crippen LogP contribution is -2.28. The summed E-state index contributed by atoms with van der Waals surface area (Å²) in [5, 5.41) is 12.1. The molecule has 1 atom stereocenters. The molecule has 0 saturated carbocycles. The van der Waals surface area contributed by atoms with E-state index in [2.05, 4.69) is 5.32 Å². The molecule has 4 heteroatoms. The zero-order chi connectivity index (χ0) is 15.8. The first-order chi connectivity index (χ1) is 10.7. The Kier molecular flexibility index (Phi) is 6.49. The Morgan fingerprint density at radius 2 is 1.86 bits per heavy atom. The fourth-order valence-electron chi connectivity index (χ4n) is 2.19. The summed E-state index contributed by atoms with van der Waals surface area (Å²) >= 11 is 1.58. The molecule has 0 radical (unpaired) electrons. The van der Waals surface area contributed by atoms with E-state index in [0.717, 1.165) is 22.4 Å². The van der Waals surface area contributed by atoms with Crippen LogP contribution in [0.2, 0.25) is 0 Å². The Labute approximate surface area is 135 Å². The van der Waals surface area contributed by atoms with Gasteiger partial charge in [0.1, 0.15) is 0 Å². The molecule has 0 spiro atoms. The molecule has 0 aliphatic heterocycles. The van der Waals surface area contributed by atoms with Crippen LogP contribution in [0.15, 0.2) is 54.6 Å². The predicted molar refractivity (Wildman–Crippen MR) is 91.5 cm³/mol. The van der Waals surface area contributed by atoms with E-state index in [4.69, 9.17) is 5.11 Å². The van der Waals surface area contributed by atoms with Gasteiger partial charge in [0.15, 0.2) is 0 Å². The van der Waals surface area contributed by atoms with Crippen LogP contribution in [0.1, 0.15) is 29.7 Å². The molecule has 0 aliphatic rings. The van der Waals surface area contributed by atoms with E-state index < -0.39 is 0 Å². The van der Waals surface area contributed by atoms with Crippen molar-refractivity contribution < 1.29 is 9.90 Å². The van der Waals surface area contributed by atoms with Crippen molar-refractivity contribution in [2.75, 3.05) is 5.75 Å². The molecule has 0 saturated heterocycles. The van der Waals surface area contributed by atoms with Gasteiger partial charge in [0.25, 0.3) is 0 Å². The van der Waals surface area contributed by atoms with Crippen LogP contribution >= 0.6 is 11.8 Å². The molecule has 2 aromatic carbocycles. The average molecular weight is 315 g/mol. The van der Waals surface area contributed by atoms with Crippen LogP contribution in [0.4, 0.5) is 0 Å². The first-order valence-electron chi connectivity index (χ1n) is 7.30. The van der Waals surface area contributed by atoms with Gasteiger partial charge in [-0.05, 0) is 23.6 Å². The summed E-state index contributed by atoms with van der Waals surface area (Å²) in [5.41, 5.74) is 3.14. The van der Waals surface area contributed by atoms with Crippen molar-refractivity contribution in [3.8, 4) is 0 Å². The Morgan fingerprint density at radius 3 is 2.59 bits per heavy atom. The van der Waals surface area contributed by atoms with Crippen molar-refractivity contribution in [1.29, 1.82) is 0 Å². The zero-order valence-corrected chi connectivity index (χ0v) is 13.5. The Hall–Kier alpha value is -1.78. The van der Waals surface area contributed by atoms with E-state index in [9.17, 15) is 4.79 Å². The number of nitrogens with one attached hydrogen (secondary N) is 1. The minimum Gasteiger partial charge on any atom is -0.392 e. The van der Waals surface area contributed by atoms with Gasteiger partial charge in [0, 0.05) is 5.75 Å². The maximum Gasteiger partial charge on any atom is 0.230 e. The van der Waals surface area contributed by atoms with Crippen molar-refractivity contribution in [3.63, 3.8) is 0 Å². The zero-order valence-electron chi connectivity index (χ0n) is 12.7. The number of rotatable bonds is 7. The minimum atomic E-state index is 0.0204. The number of aliphatic hydroxyl groups is 1. The molecular weight excluding hydrogens is 294 g/mol. The quantitative estimate of drug-likeness (QED) is 0.824. The highest BCUT2D eigenvalue weighted by Crippen LogP contribution is 2.15. The number of benzene rings is 2. The van der Waals surface area contributed by atoms with Gasteiger partial charge < -0.3 is 10.4 Å². The lowest BCUT2D eigenvalue weighted by molar-refractivity contribution is -0.119. The summed E-state index contributed by atoms with van der Waals surface area (Å²) < 4.78 is 0. The van der Waals surface area contributed by atoms with Crippen LogP contribution in [0.3, 0.4) is 0 Å². The van der Waals surface area contributed by atoms with Crippen molar-refractivity contribution in [1.82, 2.24) is 5.32 Å². The molecule has 1 unspecified atom stereocenters. The summed E-state index contributed by atoms with van der Waals surface area (Å²) in [7, 11) is 0. The highest BCUT2D eigenvalue weighted by atomic mass is 32.2. The van der Waals surface area contributed by atoms with Crippen LogP contribution in [0, 0.1) is 0 Å². The largest absolute Gasteiger partial charge is 0.392 e. The van der Waals surface area contributed by atoms with Gasteiger partial charge in [0.05, 0.1) is 18.4 Å². The Morgan fingerprint density at radius 1 is 1.14 bits per heavy atom. The van der Waals surface area contributed by atoms with Crippen molar-refractivity contribution in [2.24, 2.45) is 0 Å². The van der Waals surface area contributed by atoms with Crippen molar-refractivity contribution in [3.05, 3.63) is 71.3 Å². The summed E-state index contributed by atoms with van der Waals surface area (Å²) in [6.07, 6.45) is 0. The third-order valence-corrected chi connectivity index (χ3v) is 4.36. The van der Waals surface area contributed by atoms with Gasteiger partial charge in [0.2, 0.25) is 5.91 Å². The molecule has 2 N–H and O–H groups in total. The summed E-state index contributed by atoms with van der Waals surface area (Å²) in [4.78, 5) is 12.0. The third-order valence-electron chi connectivity index (χ3n) is 3.35. The number of carbonyl (C=O) groups is 1. The normalized spacial score (nSPS) is 11.9. The molecule has 0 bridgehead atoms. The predicted octanol–water partition coefficient (Wildman–Crippen LogP) is 3.29. The maximum absolute atomic E-state index is 12.0. The van der Waals surface area contributed by atoms with E-state index >= 15 is 0 Å². The fourth-order valence-corrected chi connectivity index (χ4v) is 2.97. The molecule has 3 nitrogen and oxygen atoms in total. The minimum absolute atomic E-state index is 0.0204. The second-order valence-corrected chi connectivity index (χ2v) is 6.16. The van der Waals surface area contributed by atoms with Crippen LogP contribution in [-0.2, 0) is 17.2 Å². The van der Waals surface area contributed by atoms with Gasteiger partial charge >= 0.3 is 0 Å². The molecule has 0 heterocycles. The lowest BCUT2D eigenvalue weighted by Gasteiger charge is -2.14. The number of hydrogen-bond donors (Lipinski definition) is 2. The molecule has 0 aliphatic carbocycles. The summed E-state index contributed by atoms with van der Waals surface area (Å²) in [5.74, 6) is 1.24. The Bertz CT molecular complexity index is 601. The van der Waals surface area contributed by atoms with Gasteiger partial charge in [-0.2, -0.15) is 0 Å². The van der Waals surface area contributed by atoms with Crippen molar-refractivity contribution >= 4 is 17.7 Å². The molecule has 2 rings (SSSR count). The average Bonchev–Trinajstić information content (AvgIpc) is 2.56. The first kappa shape index (κ1) is 16.6. The standard InChI is InChI=1S/C18H21NO2S/c1-14(17-8-3-2-4-9-17)19-18(21)13-22-12-16-7-5-6-15(10-16)11-20/h2-10,14,20H,11-13H2,1H3,(H,19,21). The maximum atomic E-state index is 12.0. The Balaban J connectivity index is 1.76. The van der Waals surface area contributed by atoms with Crippen LogP contribution in [0.5, 0.6) is 0 Å². The smallest absolute Gasteiger partial charge is 0.230 e. The summed E-state index contributed by atoms with van der Waals surface area (Å²) in [6.45, 7) is 2.04. The third kappa shape index (κ3) is 5.20. The molecule has 116 valence electrons. The van der Waals surface area contributed by atoms with E-state index in [1.54, 1.807) is 11.8 Å². The van der Waals surface area contributed by atoms with Crippen LogP contribution < -0.4 is 5.32 Å². The number of aliphatic hydroxyl groups excluding tert-OH is 1. The molecule has 2 aromatic rings. The SMILES string of the molecule is CC(NC(=O)CSCc1cccc(CO)c1)c1ccccc1.